The molecule has 1 aliphatic heterocycles. The van der Waals surface area contributed by atoms with Crippen LogP contribution >= 0.6 is 34.8 Å². The molecule has 0 unspecified atom stereocenters. The van der Waals surface area contributed by atoms with Gasteiger partial charge in [-0.15, -0.1) is 0 Å². The maximum absolute atomic E-state index is 12.7. The molecule has 3 aromatic rings. The first-order valence-electron chi connectivity index (χ1n) is 11.3. The minimum absolute atomic E-state index is 0.0325. The van der Waals surface area contributed by atoms with Gasteiger partial charge in [0.2, 0.25) is 5.91 Å². The standard InChI is InChI=1S/C27H24Cl3N3O3/c1-36-26-19(15-20(28)16-23(26)30)7-10-25(34)31-21-8-9-24(22(29)17-21)32-11-13-33(14-12-32)27(35)18-5-3-2-4-6-18/h2-10,15-17H,11-14H2,1H3,(H,31,34). The Kier molecular flexibility index (Phi) is 8.41. The summed E-state index contributed by atoms with van der Waals surface area (Å²) < 4.78 is 5.29. The van der Waals surface area contributed by atoms with Crippen LogP contribution in [0.15, 0.2) is 66.7 Å². The fourth-order valence-corrected chi connectivity index (χ4v) is 4.91. The summed E-state index contributed by atoms with van der Waals surface area (Å²) in [4.78, 5) is 29.1. The van der Waals surface area contributed by atoms with Gasteiger partial charge in [0.25, 0.3) is 5.91 Å². The molecular weight excluding hydrogens is 521 g/mol. The van der Waals surface area contributed by atoms with Crippen LogP contribution in [0.5, 0.6) is 5.75 Å². The highest BCUT2D eigenvalue weighted by Crippen LogP contribution is 2.33. The minimum atomic E-state index is -0.343. The Bertz CT molecular complexity index is 1290. The van der Waals surface area contributed by atoms with Crippen LogP contribution in [0.4, 0.5) is 11.4 Å². The topological polar surface area (TPSA) is 61.9 Å². The number of carbonyl (C=O) groups excluding carboxylic acids is 2. The van der Waals surface area contributed by atoms with Crippen LogP contribution in [-0.2, 0) is 4.79 Å². The average Bonchev–Trinajstić information content (AvgIpc) is 2.87. The highest BCUT2D eigenvalue weighted by Gasteiger charge is 2.23. The van der Waals surface area contributed by atoms with Gasteiger partial charge < -0.3 is 19.9 Å². The summed E-state index contributed by atoms with van der Waals surface area (Å²) in [6, 6.07) is 17.9. The Hall–Kier alpha value is -3.19. The maximum Gasteiger partial charge on any atom is 0.253 e. The number of methoxy groups -OCH3 is 1. The van der Waals surface area contributed by atoms with Crippen LogP contribution in [0.1, 0.15) is 15.9 Å². The van der Waals surface area contributed by atoms with E-state index in [1.54, 1.807) is 30.3 Å². The SMILES string of the molecule is COc1c(Cl)cc(Cl)cc1C=CC(=O)Nc1ccc(N2CCN(C(=O)c3ccccc3)CC2)c(Cl)c1. The van der Waals surface area contributed by atoms with Crippen molar-refractivity contribution in [2.75, 3.05) is 43.5 Å². The predicted molar refractivity (Wildman–Crippen MR) is 147 cm³/mol. The molecule has 1 fully saturated rings. The maximum atomic E-state index is 12.7. The molecule has 1 aliphatic rings. The van der Waals surface area contributed by atoms with Crippen molar-refractivity contribution in [1.29, 1.82) is 0 Å². The van der Waals surface area contributed by atoms with Gasteiger partial charge in [-0.2, -0.15) is 0 Å². The van der Waals surface area contributed by atoms with Crippen molar-refractivity contribution < 1.29 is 14.3 Å². The van der Waals surface area contributed by atoms with Crippen LogP contribution in [-0.4, -0.2) is 50.0 Å². The monoisotopic (exact) mass is 543 g/mol. The number of hydrogen-bond donors (Lipinski definition) is 1. The third-order valence-electron chi connectivity index (χ3n) is 5.80. The van der Waals surface area contributed by atoms with E-state index >= 15 is 0 Å². The second-order valence-corrected chi connectivity index (χ2v) is 9.39. The van der Waals surface area contributed by atoms with E-state index in [4.69, 9.17) is 39.5 Å². The molecule has 3 aromatic carbocycles. The number of hydrogen-bond acceptors (Lipinski definition) is 4. The number of halogens is 3. The molecule has 0 radical (unpaired) electrons. The Morgan fingerprint density at radius 1 is 0.917 bits per heavy atom. The summed E-state index contributed by atoms with van der Waals surface area (Å²) in [6.45, 7) is 2.53. The van der Waals surface area contributed by atoms with E-state index in [1.165, 1.54) is 13.2 Å². The van der Waals surface area contributed by atoms with E-state index in [2.05, 4.69) is 10.2 Å². The van der Waals surface area contributed by atoms with Gasteiger partial charge in [0.05, 0.1) is 22.8 Å². The van der Waals surface area contributed by atoms with Gasteiger partial charge in [-0.25, -0.2) is 0 Å². The number of nitrogens with zero attached hydrogens (tertiary/aromatic N) is 2. The molecule has 0 atom stereocenters. The third kappa shape index (κ3) is 6.13. The van der Waals surface area contributed by atoms with Gasteiger partial charge in [-0.3, -0.25) is 9.59 Å². The summed E-state index contributed by atoms with van der Waals surface area (Å²) >= 11 is 18.8. The molecule has 1 saturated heterocycles. The predicted octanol–water partition coefficient (Wildman–Crippen LogP) is 6.27. The molecule has 0 saturated carbocycles. The zero-order chi connectivity index (χ0) is 25.7. The fourth-order valence-electron chi connectivity index (χ4n) is 4.02. The van der Waals surface area contributed by atoms with E-state index in [-0.39, 0.29) is 11.8 Å². The average molecular weight is 545 g/mol. The van der Waals surface area contributed by atoms with Crippen molar-refractivity contribution in [2.24, 2.45) is 0 Å². The molecule has 0 aromatic heterocycles. The quantitative estimate of drug-likeness (QED) is 0.372. The molecule has 6 nitrogen and oxygen atoms in total. The van der Waals surface area contributed by atoms with Crippen molar-refractivity contribution >= 4 is 64.1 Å². The Balaban J connectivity index is 1.37. The van der Waals surface area contributed by atoms with E-state index in [1.807, 2.05) is 41.3 Å². The highest BCUT2D eigenvalue weighted by molar-refractivity contribution is 6.36. The van der Waals surface area contributed by atoms with Crippen molar-refractivity contribution in [1.82, 2.24) is 4.90 Å². The van der Waals surface area contributed by atoms with Crippen LogP contribution < -0.4 is 15.0 Å². The fraction of sp³-hybridized carbons (Fsp3) is 0.185. The number of carbonyl (C=O) groups is 2. The summed E-state index contributed by atoms with van der Waals surface area (Å²) in [5.41, 5.74) is 2.70. The number of nitrogens with one attached hydrogen (secondary N) is 1. The zero-order valence-electron chi connectivity index (χ0n) is 19.5. The molecule has 36 heavy (non-hydrogen) atoms. The van der Waals surface area contributed by atoms with Crippen LogP contribution in [0.25, 0.3) is 6.08 Å². The number of amides is 2. The van der Waals surface area contributed by atoms with Crippen molar-refractivity contribution in [3.8, 4) is 5.75 Å². The molecule has 0 aliphatic carbocycles. The number of ether oxygens (including phenoxy) is 1. The number of rotatable bonds is 6. The van der Waals surface area contributed by atoms with Crippen molar-refractivity contribution in [2.45, 2.75) is 0 Å². The first-order chi connectivity index (χ1) is 17.4. The number of anilines is 2. The van der Waals surface area contributed by atoms with Gasteiger partial charge in [0.1, 0.15) is 5.75 Å². The largest absolute Gasteiger partial charge is 0.495 e. The smallest absolute Gasteiger partial charge is 0.253 e. The zero-order valence-corrected chi connectivity index (χ0v) is 21.8. The first-order valence-corrected chi connectivity index (χ1v) is 12.4. The van der Waals surface area contributed by atoms with Crippen molar-refractivity contribution in [3.63, 3.8) is 0 Å². The second-order valence-electron chi connectivity index (χ2n) is 8.14. The Morgan fingerprint density at radius 2 is 1.64 bits per heavy atom. The first kappa shape index (κ1) is 25.9. The minimum Gasteiger partial charge on any atom is -0.495 e. The molecule has 2 amide bonds. The van der Waals surface area contributed by atoms with Crippen LogP contribution in [0.3, 0.4) is 0 Å². The molecule has 4 rings (SSSR count). The molecule has 1 heterocycles. The lowest BCUT2D eigenvalue weighted by atomic mass is 10.1. The Morgan fingerprint density at radius 3 is 2.31 bits per heavy atom. The summed E-state index contributed by atoms with van der Waals surface area (Å²) in [5, 5.41) is 4.12. The molecular formula is C27H24Cl3N3O3. The van der Waals surface area contributed by atoms with Crippen LogP contribution in [0, 0.1) is 0 Å². The van der Waals surface area contributed by atoms with E-state index in [9.17, 15) is 9.59 Å². The third-order valence-corrected chi connectivity index (χ3v) is 6.60. The van der Waals surface area contributed by atoms with E-state index in [0.717, 1.165) is 5.69 Å². The van der Waals surface area contributed by atoms with Gasteiger partial charge in [0.15, 0.2) is 0 Å². The normalized spacial score (nSPS) is 13.7. The van der Waals surface area contributed by atoms with Gasteiger partial charge in [-0.05, 0) is 48.5 Å². The van der Waals surface area contributed by atoms with Gasteiger partial charge in [0, 0.05) is 54.1 Å². The highest BCUT2D eigenvalue weighted by atomic mass is 35.5. The lowest BCUT2D eigenvalue weighted by Crippen LogP contribution is -2.48. The van der Waals surface area contributed by atoms with Gasteiger partial charge in [-0.1, -0.05) is 53.0 Å². The summed E-state index contributed by atoms with van der Waals surface area (Å²) in [6.07, 6.45) is 2.95. The lowest BCUT2D eigenvalue weighted by molar-refractivity contribution is -0.111. The van der Waals surface area contributed by atoms with E-state index in [0.29, 0.717) is 63.8 Å². The summed E-state index contributed by atoms with van der Waals surface area (Å²) in [7, 11) is 1.50. The molecule has 0 spiro atoms. The molecule has 186 valence electrons. The van der Waals surface area contributed by atoms with Gasteiger partial charge >= 0.3 is 0 Å². The van der Waals surface area contributed by atoms with Crippen molar-refractivity contribution in [3.05, 3.63) is 92.9 Å². The molecule has 9 heteroatoms. The second kappa shape index (κ2) is 11.7. The number of benzene rings is 3. The van der Waals surface area contributed by atoms with E-state index < -0.39 is 0 Å². The lowest BCUT2D eigenvalue weighted by Gasteiger charge is -2.36. The number of piperazine rings is 1. The summed E-state index contributed by atoms with van der Waals surface area (Å²) in [5.74, 6) is 0.123. The van der Waals surface area contributed by atoms with Crippen LogP contribution in [0.2, 0.25) is 15.1 Å². The molecule has 1 N–H and O–H groups in total. The Labute approximate surface area is 225 Å². The molecule has 0 bridgehead atoms.